The maximum Gasteiger partial charge on any atom is 0.124 e. The van der Waals surface area contributed by atoms with Gasteiger partial charge in [-0.1, -0.05) is 60.2 Å². The van der Waals surface area contributed by atoms with Gasteiger partial charge >= 0.3 is 0 Å². The van der Waals surface area contributed by atoms with E-state index in [0.717, 1.165) is 22.8 Å². The third-order valence-electron chi connectivity index (χ3n) is 4.33. The average Bonchev–Trinajstić information content (AvgIpc) is 2.83. The molecule has 0 radical (unpaired) electrons. The van der Waals surface area contributed by atoms with Crippen LogP contribution in [0.15, 0.2) is 66.2 Å². The van der Waals surface area contributed by atoms with E-state index in [0.29, 0.717) is 5.75 Å². The van der Waals surface area contributed by atoms with Gasteiger partial charge in [-0.3, -0.25) is 0 Å². The van der Waals surface area contributed by atoms with Crippen LogP contribution in [0.5, 0.6) is 5.75 Å². The minimum atomic E-state index is 0.361. The number of benzene rings is 3. The van der Waals surface area contributed by atoms with Crippen molar-refractivity contribution >= 4 is 16.3 Å². The summed E-state index contributed by atoms with van der Waals surface area (Å²) in [6, 6.07) is 20.5. The predicted molar refractivity (Wildman–Crippen MR) is 87.5 cm³/mol. The Morgan fingerprint density at radius 3 is 2.52 bits per heavy atom. The SMILES string of the molecule is CC1=C(c2c(O)ccc3ccccc23)c2ccccc2C1. The molecule has 102 valence electrons. The summed E-state index contributed by atoms with van der Waals surface area (Å²) in [5.74, 6) is 0.361. The minimum Gasteiger partial charge on any atom is -0.507 e. The van der Waals surface area contributed by atoms with Crippen LogP contribution in [-0.4, -0.2) is 5.11 Å². The molecule has 1 nitrogen and oxygen atoms in total. The molecular weight excluding hydrogens is 256 g/mol. The van der Waals surface area contributed by atoms with Gasteiger partial charge in [-0.05, 0) is 46.9 Å². The van der Waals surface area contributed by atoms with Crippen molar-refractivity contribution < 1.29 is 5.11 Å². The third kappa shape index (κ3) is 1.78. The van der Waals surface area contributed by atoms with E-state index >= 15 is 0 Å². The van der Waals surface area contributed by atoms with Crippen LogP contribution in [0.1, 0.15) is 23.6 Å². The van der Waals surface area contributed by atoms with Gasteiger partial charge in [0.1, 0.15) is 5.75 Å². The highest BCUT2D eigenvalue weighted by atomic mass is 16.3. The molecule has 3 aromatic rings. The van der Waals surface area contributed by atoms with Crippen LogP contribution in [0.4, 0.5) is 0 Å². The van der Waals surface area contributed by atoms with Gasteiger partial charge in [0.25, 0.3) is 0 Å². The molecule has 0 spiro atoms. The largest absolute Gasteiger partial charge is 0.507 e. The molecule has 1 aliphatic rings. The van der Waals surface area contributed by atoms with E-state index in [1.807, 2.05) is 18.2 Å². The Labute approximate surface area is 124 Å². The predicted octanol–water partition coefficient (Wildman–Crippen LogP) is 4.92. The Balaban J connectivity index is 2.08. The second kappa shape index (κ2) is 4.49. The number of aromatic hydroxyl groups is 1. The maximum atomic E-state index is 10.5. The van der Waals surface area contributed by atoms with Crippen LogP contribution < -0.4 is 0 Å². The molecule has 0 aromatic heterocycles. The van der Waals surface area contributed by atoms with Gasteiger partial charge in [0, 0.05) is 5.56 Å². The second-order valence-electron chi connectivity index (χ2n) is 5.67. The summed E-state index contributed by atoms with van der Waals surface area (Å²) >= 11 is 0. The smallest absolute Gasteiger partial charge is 0.124 e. The molecule has 0 atom stereocenters. The van der Waals surface area contributed by atoms with Gasteiger partial charge in [0.05, 0.1) is 0 Å². The van der Waals surface area contributed by atoms with Crippen LogP contribution >= 0.6 is 0 Å². The van der Waals surface area contributed by atoms with Gasteiger partial charge in [-0.25, -0.2) is 0 Å². The fourth-order valence-electron chi connectivity index (χ4n) is 3.39. The van der Waals surface area contributed by atoms with Crippen LogP contribution in [0.2, 0.25) is 0 Å². The minimum absolute atomic E-state index is 0.361. The van der Waals surface area contributed by atoms with Gasteiger partial charge in [-0.15, -0.1) is 0 Å². The number of hydrogen-bond donors (Lipinski definition) is 1. The van der Waals surface area contributed by atoms with E-state index in [4.69, 9.17) is 0 Å². The van der Waals surface area contributed by atoms with Crippen molar-refractivity contribution in [1.29, 1.82) is 0 Å². The summed E-state index contributed by atoms with van der Waals surface area (Å²) in [7, 11) is 0. The lowest BCUT2D eigenvalue weighted by Gasteiger charge is -2.13. The summed E-state index contributed by atoms with van der Waals surface area (Å²) in [5.41, 5.74) is 6.08. The zero-order valence-electron chi connectivity index (χ0n) is 11.9. The number of phenols is 1. The molecule has 1 aliphatic carbocycles. The van der Waals surface area contributed by atoms with Crippen molar-refractivity contribution in [3.05, 3.63) is 82.9 Å². The molecule has 0 saturated heterocycles. The quantitative estimate of drug-likeness (QED) is 0.666. The number of fused-ring (bicyclic) bond motifs is 2. The van der Waals surface area contributed by atoms with Crippen LogP contribution in [0.3, 0.4) is 0 Å². The highest BCUT2D eigenvalue weighted by Gasteiger charge is 2.23. The molecule has 0 unspecified atom stereocenters. The second-order valence-corrected chi connectivity index (χ2v) is 5.67. The Hall–Kier alpha value is -2.54. The van der Waals surface area contributed by atoms with Gasteiger partial charge in [0.15, 0.2) is 0 Å². The number of hydrogen-bond acceptors (Lipinski definition) is 1. The summed E-state index contributed by atoms with van der Waals surface area (Å²) in [6.45, 7) is 2.16. The third-order valence-corrected chi connectivity index (χ3v) is 4.33. The van der Waals surface area contributed by atoms with Crippen molar-refractivity contribution in [2.45, 2.75) is 13.3 Å². The number of allylic oxidation sites excluding steroid dienone is 1. The van der Waals surface area contributed by atoms with Crippen molar-refractivity contribution in [3.63, 3.8) is 0 Å². The van der Waals surface area contributed by atoms with Crippen LogP contribution in [0, 0.1) is 0 Å². The molecule has 0 saturated carbocycles. The fraction of sp³-hybridized carbons (Fsp3) is 0.100. The highest BCUT2D eigenvalue weighted by molar-refractivity contribution is 6.02. The molecule has 21 heavy (non-hydrogen) atoms. The summed E-state index contributed by atoms with van der Waals surface area (Å²) in [5, 5.41) is 12.8. The van der Waals surface area contributed by atoms with E-state index in [9.17, 15) is 5.11 Å². The normalized spacial score (nSPS) is 13.8. The first-order valence-corrected chi connectivity index (χ1v) is 7.25. The topological polar surface area (TPSA) is 20.2 Å². The van der Waals surface area contributed by atoms with Crippen LogP contribution in [-0.2, 0) is 6.42 Å². The monoisotopic (exact) mass is 272 g/mol. The van der Waals surface area contributed by atoms with E-state index in [1.54, 1.807) is 6.07 Å². The lowest BCUT2D eigenvalue weighted by atomic mass is 9.92. The van der Waals surface area contributed by atoms with Crippen molar-refractivity contribution in [2.75, 3.05) is 0 Å². The lowest BCUT2D eigenvalue weighted by Crippen LogP contribution is -1.90. The van der Waals surface area contributed by atoms with Crippen molar-refractivity contribution in [3.8, 4) is 5.75 Å². The molecule has 0 amide bonds. The number of phenolic OH excluding ortho intramolecular Hbond substituents is 1. The Bertz CT molecular complexity index is 887. The summed E-state index contributed by atoms with van der Waals surface area (Å²) < 4.78 is 0. The molecular formula is C20H16O. The average molecular weight is 272 g/mol. The van der Waals surface area contributed by atoms with E-state index < -0.39 is 0 Å². The molecule has 0 aliphatic heterocycles. The van der Waals surface area contributed by atoms with Gasteiger partial charge in [0.2, 0.25) is 0 Å². The maximum absolute atomic E-state index is 10.5. The van der Waals surface area contributed by atoms with Gasteiger partial charge in [-0.2, -0.15) is 0 Å². The standard InChI is InChI=1S/C20H16O/c1-13-12-15-7-3-5-9-17(15)19(13)20-16-8-4-2-6-14(16)10-11-18(20)21/h2-11,21H,12H2,1H3. The first kappa shape index (κ1) is 12.2. The Morgan fingerprint density at radius 2 is 1.62 bits per heavy atom. The van der Waals surface area contributed by atoms with Crippen molar-refractivity contribution in [2.24, 2.45) is 0 Å². The zero-order chi connectivity index (χ0) is 14.4. The molecule has 1 heteroatoms. The summed E-state index contributed by atoms with van der Waals surface area (Å²) in [4.78, 5) is 0. The number of rotatable bonds is 1. The van der Waals surface area contributed by atoms with E-state index in [-0.39, 0.29) is 0 Å². The Morgan fingerprint density at radius 1 is 0.857 bits per heavy atom. The summed E-state index contributed by atoms with van der Waals surface area (Å²) in [6.07, 6.45) is 0.966. The Kier molecular flexibility index (Phi) is 2.61. The van der Waals surface area contributed by atoms with Crippen LogP contribution in [0.25, 0.3) is 16.3 Å². The first-order valence-electron chi connectivity index (χ1n) is 7.25. The molecule has 0 fully saturated rings. The van der Waals surface area contributed by atoms with Crippen molar-refractivity contribution in [1.82, 2.24) is 0 Å². The zero-order valence-corrected chi connectivity index (χ0v) is 11.9. The lowest BCUT2D eigenvalue weighted by molar-refractivity contribution is 0.474. The first-order chi connectivity index (χ1) is 10.3. The highest BCUT2D eigenvalue weighted by Crippen LogP contribution is 2.43. The molecule has 0 bridgehead atoms. The molecule has 4 rings (SSSR count). The van der Waals surface area contributed by atoms with E-state index in [1.165, 1.54) is 22.3 Å². The van der Waals surface area contributed by atoms with E-state index in [2.05, 4.69) is 43.3 Å². The van der Waals surface area contributed by atoms with Gasteiger partial charge < -0.3 is 5.11 Å². The molecule has 0 heterocycles. The molecule has 1 N–H and O–H groups in total. The fourth-order valence-corrected chi connectivity index (χ4v) is 3.39. The molecule has 3 aromatic carbocycles.